The maximum Gasteiger partial charge on any atom is 0.253 e. The van der Waals surface area contributed by atoms with Crippen LogP contribution in [0.15, 0.2) is 12.2 Å². The Hall–Kier alpha value is -5.96. The van der Waals surface area contributed by atoms with E-state index in [1.54, 1.807) is 0 Å². The van der Waals surface area contributed by atoms with E-state index in [1.165, 1.54) is 12.2 Å². The van der Waals surface area contributed by atoms with Crippen LogP contribution in [0.1, 0.15) is 218 Å². The molecule has 110 heavy (non-hydrogen) atoms. The average Bonchev–Trinajstić information content (AvgIpc) is 1.17. The first-order chi connectivity index (χ1) is 53.0. The minimum atomic E-state index is -1.37. The molecule has 632 valence electrons. The molecule has 0 aromatic carbocycles. The molecular weight excluding hydrogens is 1440 g/mol. The molecule has 0 aromatic rings. The maximum absolute atomic E-state index is 14.0. The molecule has 0 unspecified atom stereocenters. The van der Waals surface area contributed by atoms with E-state index in [0.29, 0.717) is 116 Å². The summed E-state index contributed by atoms with van der Waals surface area (Å²) < 4.78 is 35.4. The Kier molecular flexibility index (Phi) is 50.8. The minimum absolute atomic E-state index is 0.0615. The van der Waals surface area contributed by atoms with Gasteiger partial charge in [-0.1, -0.05) is 77.0 Å². The molecule has 4 heterocycles. The van der Waals surface area contributed by atoms with Crippen LogP contribution < -0.4 is 42.5 Å². The molecule has 3 saturated heterocycles. The van der Waals surface area contributed by atoms with Crippen LogP contribution in [-0.4, -0.2) is 301 Å². The number of nitrogens with zero attached hydrogens (tertiary/aromatic N) is 1. The standard InChI is InChI=1S/C76H133N9O25/c86-48-60-73(102)57(89)45-54(108-60)21-10-7-15-25-63(92)77-34-18-37-80-67(96)31-42-105-51-76(84-70(99)28-14-6-4-2-1-3-5-13-24-66(95)83-40-41-85-71(100)29-30-72(85)101,52-106-43-32-68(97)81-38-19-35-78-64(93)26-16-8-11-22-55-46-58(90)74(103)61(49-87)109-55)53-107-44-33-69(98)82-39-20-36-79-65(94)27-17-9-12-23-56-47-59(91)75(104)62(50-88)110-56/h29-30,54-62,73-75,86-91,102-104H,1-28,31-53H2,(H,77,92)(H,78,93)(H,79,94)(H,80,96)(H,81,97)(H,82,98)(H,83,95)(H,84,99)/t54-,55-,56-,57+,58+,59+,60+,61+,62+,73+,74+,75+/m0/s1. The van der Waals surface area contributed by atoms with Gasteiger partial charge in [-0.15, -0.1) is 0 Å². The molecule has 34 heteroatoms. The lowest BCUT2D eigenvalue weighted by Crippen LogP contribution is -2.58. The number of unbranched alkanes of at least 4 members (excludes halogenated alkanes) is 13. The Morgan fingerprint density at radius 2 is 0.609 bits per heavy atom. The second-order valence-corrected chi connectivity index (χ2v) is 29.4. The lowest BCUT2D eigenvalue weighted by atomic mass is 9.95. The van der Waals surface area contributed by atoms with Crippen molar-refractivity contribution in [1.29, 1.82) is 0 Å². The topological polar surface area (TPSA) is 508 Å². The van der Waals surface area contributed by atoms with E-state index in [1.807, 2.05) is 0 Å². The van der Waals surface area contributed by atoms with Gasteiger partial charge in [0.15, 0.2) is 0 Å². The van der Waals surface area contributed by atoms with Crippen molar-refractivity contribution in [2.45, 2.75) is 297 Å². The fourth-order valence-electron chi connectivity index (χ4n) is 13.4. The molecule has 0 aromatic heterocycles. The Labute approximate surface area is 647 Å². The second-order valence-electron chi connectivity index (χ2n) is 29.4. The number of aliphatic hydroxyl groups excluding tert-OH is 9. The molecule has 0 radical (unpaired) electrons. The molecule has 12 atom stereocenters. The first kappa shape index (κ1) is 96.4. The van der Waals surface area contributed by atoms with Crippen LogP contribution in [0.2, 0.25) is 0 Å². The highest BCUT2D eigenvalue weighted by Crippen LogP contribution is 2.27. The van der Waals surface area contributed by atoms with Crippen molar-refractivity contribution >= 4 is 59.1 Å². The average molecular weight is 1570 g/mol. The molecule has 4 rings (SSSR count). The molecule has 4 aliphatic rings. The van der Waals surface area contributed by atoms with E-state index in [0.717, 1.165) is 81.9 Å². The molecule has 3 fully saturated rings. The van der Waals surface area contributed by atoms with Crippen LogP contribution in [0.5, 0.6) is 0 Å². The summed E-state index contributed by atoms with van der Waals surface area (Å²) in [7, 11) is 0. The van der Waals surface area contributed by atoms with Crippen molar-refractivity contribution in [2.75, 3.05) is 112 Å². The van der Waals surface area contributed by atoms with Crippen molar-refractivity contribution in [1.82, 2.24) is 47.4 Å². The van der Waals surface area contributed by atoms with Gasteiger partial charge in [0, 0.05) is 135 Å². The van der Waals surface area contributed by atoms with Crippen molar-refractivity contribution in [3.63, 3.8) is 0 Å². The smallest absolute Gasteiger partial charge is 0.253 e. The van der Waals surface area contributed by atoms with Gasteiger partial charge in [0.1, 0.15) is 42.2 Å². The van der Waals surface area contributed by atoms with Crippen LogP contribution >= 0.6 is 0 Å². The molecule has 0 saturated carbocycles. The summed E-state index contributed by atoms with van der Waals surface area (Å²) in [6.45, 7) is 0.0820. The quantitative estimate of drug-likeness (QED) is 0.0265. The molecule has 4 aliphatic heterocycles. The third-order valence-corrected chi connectivity index (χ3v) is 19.8. The third kappa shape index (κ3) is 42.2. The van der Waals surface area contributed by atoms with Gasteiger partial charge in [0.25, 0.3) is 11.8 Å². The molecule has 0 bridgehead atoms. The number of aliphatic hydroxyl groups is 9. The SMILES string of the molecule is O=C(CCCCC[C@H]1C[C@@H](O)[C@@H](O)[C@@H](CO)O1)NCCCNC(=O)CCOCC(COCCC(=O)NCCCNC(=O)CCCCC[C@H]1C[C@@H](O)[C@@H](O)[C@@H](CO)O1)(COCCC(=O)NCCCNC(=O)CCCCC[C@H]1C[C@@H](O)[C@@H](O)[C@@H](CO)O1)NC(=O)CCCCCCCCCCC(=O)NCCN1C(=O)C=CC1=O. The first-order valence-electron chi connectivity index (χ1n) is 40.4. The Bertz CT molecular complexity index is 2470. The molecule has 0 spiro atoms. The van der Waals surface area contributed by atoms with Crippen molar-refractivity contribution in [2.24, 2.45) is 0 Å². The summed E-state index contributed by atoms with van der Waals surface area (Å²) in [4.78, 5) is 128. The molecule has 34 nitrogen and oxygen atoms in total. The van der Waals surface area contributed by atoms with Crippen molar-refractivity contribution in [3.8, 4) is 0 Å². The minimum Gasteiger partial charge on any atom is -0.394 e. The summed E-state index contributed by atoms with van der Waals surface area (Å²) in [5.74, 6) is -2.65. The second kappa shape index (κ2) is 58.0. The Morgan fingerprint density at radius 3 is 0.900 bits per heavy atom. The van der Waals surface area contributed by atoms with Crippen molar-refractivity contribution in [3.05, 3.63) is 12.2 Å². The summed E-state index contributed by atoms with van der Waals surface area (Å²) in [6, 6.07) is 0. The van der Waals surface area contributed by atoms with Gasteiger partial charge >= 0.3 is 0 Å². The molecular formula is C76H133N9O25. The fourth-order valence-corrected chi connectivity index (χ4v) is 13.4. The number of ether oxygens (including phenoxy) is 6. The zero-order valence-corrected chi connectivity index (χ0v) is 64.6. The highest BCUT2D eigenvalue weighted by molar-refractivity contribution is 6.12. The zero-order valence-electron chi connectivity index (χ0n) is 64.6. The summed E-state index contributed by atoms with van der Waals surface area (Å²) in [5, 5.41) is 111. The van der Waals surface area contributed by atoms with Crippen LogP contribution in [-0.2, 0) is 76.4 Å². The van der Waals surface area contributed by atoms with E-state index >= 15 is 0 Å². The maximum atomic E-state index is 14.0. The van der Waals surface area contributed by atoms with E-state index in [9.17, 15) is 93.9 Å². The number of carbonyl (C=O) groups excluding carboxylic acids is 10. The van der Waals surface area contributed by atoms with Crippen molar-refractivity contribution < 1.29 is 122 Å². The predicted molar refractivity (Wildman–Crippen MR) is 401 cm³/mol. The van der Waals surface area contributed by atoms with E-state index in [2.05, 4.69) is 42.5 Å². The lowest BCUT2D eigenvalue weighted by molar-refractivity contribution is -0.181. The largest absolute Gasteiger partial charge is 0.394 e. The van der Waals surface area contributed by atoms with Gasteiger partial charge in [0.05, 0.1) is 96.1 Å². The Balaban J connectivity index is 1.25. The zero-order chi connectivity index (χ0) is 80.2. The van der Waals surface area contributed by atoms with Gasteiger partial charge in [-0.2, -0.15) is 0 Å². The number of rotatable bonds is 63. The number of hydrogen-bond acceptors (Lipinski definition) is 25. The lowest BCUT2D eigenvalue weighted by Gasteiger charge is -2.36. The van der Waals surface area contributed by atoms with Gasteiger partial charge < -0.3 is 117 Å². The fraction of sp³-hybridized carbons (Fsp3) is 0.842. The number of imide groups is 1. The monoisotopic (exact) mass is 1570 g/mol. The van der Waals surface area contributed by atoms with Crippen LogP contribution in [0, 0.1) is 0 Å². The van der Waals surface area contributed by atoms with Gasteiger partial charge in [0.2, 0.25) is 47.3 Å². The summed E-state index contributed by atoms with van der Waals surface area (Å²) >= 11 is 0. The number of hydrogen-bond donors (Lipinski definition) is 17. The third-order valence-electron chi connectivity index (χ3n) is 19.8. The predicted octanol–water partition coefficient (Wildman–Crippen LogP) is -0.663. The molecule has 10 amide bonds. The van der Waals surface area contributed by atoms with E-state index < -0.39 is 92.1 Å². The van der Waals surface area contributed by atoms with E-state index in [-0.39, 0.29) is 183 Å². The number of nitrogens with one attached hydrogen (secondary N) is 8. The molecule has 0 aliphatic carbocycles. The summed E-state index contributed by atoms with van der Waals surface area (Å²) in [6.07, 6.45) is 10.7. The Morgan fingerprint density at radius 1 is 0.355 bits per heavy atom. The number of carbonyl (C=O) groups is 10. The summed E-state index contributed by atoms with van der Waals surface area (Å²) in [5.41, 5.74) is -1.37. The number of amides is 10. The van der Waals surface area contributed by atoms with Crippen LogP contribution in [0.3, 0.4) is 0 Å². The normalized spacial score (nSPS) is 22.7. The van der Waals surface area contributed by atoms with Crippen LogP contribution in [0.25, 0.3) is 0 Å². The first-order valence-corrected chi connectivity index (χ1v) is 40.4. The molecule has 17 N–H and O–H groups in total. The highest BCUT2D eigenvalue weighted by Gasteiger charge is 2.39. The van der Waals surface area contributed by atoms with Gasteiger partial charge in [-0.25, -0.2) is 0 Å². The van der Waals surface area contributed by atoms with Crippen LogP contribution in [0.4, 0.5) is 0 Å². The van der Waals surface area contributed by atoms with Gasteiger partial charge in [-0.3, -0.25) is 52.8 Å². The van der Waals surface area contributed by atoms with E-state index in [4.69, 9.17) is 28.4 Å². The highest BCUT2D eigenvalue weighted by atomic mass is 16.5. The van der Waals surface area contributed by atoms with Gasteiger partial charge in [-0.05, 0) is 70.6 Å².